The summed E-state index contributed by atoms with van der Waals surface area (Å²) in [7, 11) is 0. The number of hydrogen-bond acceptors (Lipinski definition) is 3. The smallest absolute Gasteiger partial charge is 0.341 e. The van der Waals surface area contributed by atoms with E-state index in [4.69, 9.17) is 0 Å². The van der Waals surface area contributed by atoms with Crippen LogP contribution in [0.3, 0.4) is 0 Å². The number of carbonyl (C=O) groups is 1. The van der Waals surface area contributed by atoms with Gasteiger partial charge in [-0.25, -0.2) is 4.98 Å². The molecule has 0 radical (unpaired) electrons. The molecule has 1 amide bonds. The van der Waals surface area contributed by atoms with Crippen LogP contribution >= 0.6 is 0 Å². The van der Waals surface area contributed by atoms with E-state index < -0.39 is 23.1 Å². The molecule has 1 aromatic carbocycles. The fraction of sp³-hybridized carbons (Fsp3) is 0.227. The van der Waals surface area contributed by atoms with Gasteiger partial charge in [-0.2, -0.15) is 13.2 Å². The molecular formula is C22H18F3N3O2. The highest BCUT2D eigenvalue weighted by Gasteiger charge is 2.32. The van der Waals surface area contributed by atoms with Crippen LogP contribution in [-0.4, -0.2) is 22.0 Å². The third kappa shape index (κ3) is 4.35. The predicted octanol–water partition coefficient (Wildman–Crippen LogP) is 3.53. The normalized spacial score (nSPS) is 11.1. The molecule has 8 heteroatoms. The van der Waals surface area contributed by atoms with Crippen molar-refractivity contribution in [3.05, 3.63) is 75.2 Å². The number of carbonyl (C=O) groups excluding carboxylic acids is 1. The minimum absolute atomic E-state index is 0.0764. The van der Waals surface area contributed by atoms with Gasteiger partial charge in [-0.05, 0) is 38.1 Å². The summed E-state index contributed by atoms with van der Waals surface area (Å²) in [6, 6.07) is 8.25. The summed E-state index contributed by atoms with van der Waals surface area (Å²) >= 11 is 0. The Bertz CT molecular complexity index is 1230. The number of amides is 1. The van der Waals surface area contributed by atoms with Crippen LogP contribution in [0.1, 0.15) is 34.1 Å². The van der Waals surface area contributed by atoms with Gasteiger partial charge in [0.25, 0.3) is 5.91 Å². The number of aromatic nitrogens is 2. The standard InChI is InChI=1S/C22H18F3N3O2/c1-3-28-13-17(19(29)16-11-10-14(2)27-20(16)28)21(30)26-12-6-8-15-7-4-5-9-18(15)22(23,24)25/h4-5,7,9-11,13H,3,12H2,1-2H3,(H,26,30). The van der Waals surface area contributed by atoms with E-state index in [0.717, 1.165) is 11.8 Å². The van der Waals surface area contributed by atoms with Gasteiger partial charge in [-0.15, -0.1) is 0 Å². The molecule has 154 valence electrons. The van der Waals surface area contributed by atoms with E-state index in [1.165, 1.54) is 24.4 Å². The Morgan fingerprint density at radius 2 is 1.93 bits per heavy atom. The van der Waals surface area contributed by atoms with Crippen molar-refractivity contribution in [2.75, 3.05) is 6.54 Å². The molecule has 0 saturated heterocycles. The second kappa shape index (κ2) is 8.41. The predicted molar refractivity (Wildman–Crippen MR) is 107 cm³/mol. The van der Waals surface area contributed by atoms with Crippen LogP contribution in [-0.2, 0) is 12.7 Å². The highest BCUT2D eigenvalue weighted by molar-refractivity contribution is 5.97. The van der Waals surface area contributed by atoms with Crippen molar-refractivity contribution >= 4 is 16.9 Å². The topological polar surface area (TPSA) is 64.0 Å². The van der Waals surface area contributed by atoms with Crippen LogP contribution in [0, 0.1) is 18.8 Å². The summed E-state index contributed by atoms with van der Waals surface area (Å²) in [5, 5.41) is 2.79. The van der Waals surface area contributed by atoms with E-state index in [0.29, 0.717) is 17.6 Å². The zero-order valence-corrected chi connectivity index (χ0v) is 16.3. The highest BCUT2D eigenvalue weighted by atomic mass is 19.4. The van der Waals surface area contributed by atoms with Crippen LogP contribution in [0.15, 0.2) is 47.4 Å². The maximum atomic E-state index is 13.0. The summed E-state index contributed by atoms with van der Waals surface area (Å²) in [5.74, 6) is 4.28. The lowest BCUT2D eigenvalue weighted by Gasteiger charge is -2.11. The summed E-state index contributed by atoms with van der Waals surface area (Å²) in [5.41, 5.74) is -0.326. The lowest BCUT2D eigenvalue weighted by Crippen LogP contribution is -2.30. The van der Waals surface area contributed by atoms with Gasteiger partial charge in [-0.3, -0.25) is 9.59 Å². The largest absolute Gasteiger partial charge is 0.417 e. The van der Waals surface area contributed by atoms with Gasteiger partial charge in [0.1, 0.15) is 11.2 Å². The first-order chi connectivity index (χ1) is 14.2. The van der Waals surface area contributed by atoms with Crippen molar-refractivity contribution in [3.8, 4) is 11.8 Å². The molecule has 3 aromatic rings. The van der Waals surface area contributed by atoms with E-state index in [1.807, 2.05) is 6.92 Å². The highest BCUT2D eigenvalue weighted by Crippen LogP contribution is 2.31. The minimum Gasteiger partial charge on any atom is -0.341 e. The van der Waals surface area contributed by atoms with Crippen molar-refractivity contribution in [1.82, 2.24) is 14.9 Å². The quantitative estimate of drug-likeness (QED) is 0.669. The van der Waals surface area contributed by atoms with Crippen molar-refractivity contribution in [2.24, 2.45) is 0 Å². The first-order valence-corrected chi connectivity index (χ1v) is 9.16. The Labute approximate surface area is 170 Å². The molecule has 0 fully saturated rings. The van der Waals surface area contributed by atoms with Gasteiger partial charge < -0.3 is 9.88 Å². The number of hydrogen-bond donors (Lipinski definition) is 1. The van der Waals surface area contributed by atoms with Crippen LogP contribution in [0.25, 0.3) is 11.0 Å². The molecule has 5 nitrogen and oxygen atoms in total. The number of nitrogens with zero attached hydrogens (tertiary/aromatic N) is 2. The number of halogens is 3. The zero-order valence-electron chi connectivity index (χ0n) is 16.3. The van der Waals surface area contributed by atoms with Crippen LogP contribution in [0.5, 0.6) is 0 Å². The van der Waals surface area contributed by atoms with Gasteiger partial charge in [-0.1, -0.05) is 24.0 Å². The molecule has 30 heavy (non-hydrogen) atoms. The Morgan fingerprint density at radius 3 is 2.63 bits per heavy atom. The van der Waals surface area contributed by atoms with Crippen LogP contribution < -0.4 is 10.7 Å². The minimum atomic E-state index is -4.52. The van der Waals surface area contributed by atoms with Crippen LogP contribution in [0.4, 0.5) is 13.2 Å². The first-order valence-electron chi connectivity index (χ1n) is 9.16. The molecule has 0 aliphatic heterocycles. The number of benzene rings is 1. The molecule has 0 aliphatic rings. The number of alkyl halides is 3. The average molecular weight is 413 g/mol. The number of fused-ring (bicyclic) bond motifs is 1. The molecule has 0 aliphatic carbocycles. The van der Waals surface area contributed by atoms with Gasteiger partial charge in [0, 0.05) is 24.0 Å². The summed E-state index contributed by atoms with van der Waals surface area (Å²) in [6.07, 6.45) is -3.09. The number of aryl methyl sites for hydroxylation is 2. The summed E-state index contributed by atoms with van der Waals surface area (Å²) < 4.78 is 40.7. The number of nitrogens with one attached hydrogen (secondary N) is 1. The molecule has 0 bridgehead atoms. The maximum Gasteiger partial charge on any atom is 0.417 e. The average Bonchev–Trinajstić information content (AvgIpc) is 2.71. The van der Waals surface area contributed by atoms with E-state index >= 15 is 0 Å². The molecule has 2 aromatic heterocycles. The second-order valence-corrected chi connectivity index (χ2v) is 6.51. The SMILES string of the molecule is CCn1cc(C(=O)NCC#Cc2ccccc2C(F)(F)F)c(=O)c2ccc(C)nc21. The molecule has 0 atom stereocenters. The van der Waals surface area contributed by atoms with Gasteiger partial charge in [0.2, 0.25) is 5.43 Å². The van der Waals surface area contributed by atoms with E-state index in [2.05, 4.69) is 22.1 Å². The summed E-state index contributed by atoms with van der Waals surface area (Å²) in [4.78, 5) is 29.5. The van der Waals surface area contributed by atoms with Gasteiger partial charge in [0.15, 0.2) is 0 Å². The third-order valence-electron chi connectivity index (χ3n) is 4.44. The second-order valence-electron chi connectivity index (χ2n) is 6.51. The molecule has 2 heterocycles. The fourth-order valence-electron chi connectivity index (χ4n) is 2.96. The lowest BCUT2D eigenvalue weighted by atomic mass is 10.1. The van der Waals surface area contributed by atoms with Gasteiger partial charge in [0.05, 0.1) is 17.5 Å². The Kier molecular flexibility index (Phi) is 5.92. The zero-order chi connectivity index (χ0) is 21.9. The Morgan fingerprint density at radius 1 is 1.20 bits per heavy atom. The molecule has 3 rings (SSSR count). The molecule has 0 spiro atoms. The van der Waals surface area contributed by atoms with E-state index in [-0.39, 0.29) is 17.7 Å². The lowest BCUT2D eigenvalue weighted by molar-refractivity contribution is -0.137. The molecule has 0 unspecified atom stereocenters. The van der Waals surface area contributed by atoms with Crippen molar-refractivity contribution in [3.63, 3.8) is 0 Å². The van der Waals surface area contributed by atoms with Crippen molar-refractivity contribution < 1.29 is 18.0 Å². The third-order valence-corrected chi connectivity index (χ3v) is 4.44. The van der Waals surface area contributed by atoms with E-state index in [1.54, 1.807) is 23.6 Å². The molecule has 0 saturated carbocycles. The van der Waals surface area contributed by atoms with Crippen molar-refractivity contribution in [2.45, 2.75) is 26.6 Å². The van der Waals surface area contributed by atoms with Gasteiger partial charge >= 0.3 is 6.18 Å². The number of rotatable bonds is 3. The van der Waals surface area contributed by atoms with Crippen molar-refractivity contribution in [1.29, 1.82) is 0 Å². The fourth-order valence-corrected chi connectivity index (χ4v) is 2.96. The van der Waals surface area contributed by atoms with Crippen LogP contribution in [0.2, 0.25) is 0 Å². The first kappa shape index (κ1) is 21.1. The maximum absolute atomic E-state index is 13.0. The Hall–Kier alpha value is -3.60. The Balaban J connectivity index is 1.83. The molecule has 1 N–H and O–H groups in total. The monoisotopic (exact) mass is 413 g/mol. The summed E-state index contributed by atoms with van der Waals surface area (Å²) in [6.45, 7) is 3.96. The molecular weight excluding hydrogens is 395 g/mol. The van der Waals surface area contributed by atoms with E-state index in [9.17, 15) is 22.8 Å². The number of pyridine rings is 2.